The summed E-state index contributed by atoms with van der Waals surface area (Å²) < 4.78 is 13.1. The molecule has 0 aliphatic heterocycles. The van der Waals surface area contributed by atoms with Crippen molar-refractivity contribution in [1.82, 2.24) is 10.2 Å². The standard InChI is InChI=1S/C23H29FN2O2/c1-5-17(3)25-23(28)18(4)26(15-20-8-6-7-16(2)13-20)22(27)14-19-9-11-21(24)12-10-19/h6-13,17-18H,5,14-15H2,1-4H3,(H,25,28). The van der Waals surface area contributed by atoms with Crippen molar-refractivity contribution in [3.8, 4) is 0 Å². The van der Waals surface area contributed by atoms with Gasteiger partial charge < -0.3 is 10.2 Å². The first-order valence-electron chi connectivity index (χ1n) is 9.70. The lowest BCUT2D eigenvalue weighted by atomic mass is 10.1. The van der Waals surface area contributed by atoms with Crippen LogP contribution in [0.15, 0.2) is 48.5 Å². The van der Waals surface area contributed by atoms with Crippen LogP contribution >= 0.6 is 0 Å². The Morgan fingerprint density at radius 1 is 1.07 bits per heavy atom. The van der Waals surface area contributed by atoms with Gasteiger partial charge in [-0.3, -0.25) is 9.59 Å². The number of nitrogens with zero attached hydrogens (tertiary/aromatic N) is 1. The van der Waals surface area contributed by atoms with Gasteiger partial charge in [-0.25, -0.2) is 4.39 Å². The molecule has 28 heavy (non-hydrogen) atoms. The molecule has 0 aliphatic rings. The maximum Gasteiger partial charge on any atom is 0.242 e. The number of amides is 2. The SMILES string of the molecule is CCC(C)NC(=O)C(C)N(Cc1cccc(C)c1)C(=O)Cc1ccc(F)cc1. The smallest absolute Gasteiger partial charge is 0.242 e. The van der Waals surface area contributed by atoms with Gasteiger partial charge in [0.25, 0.3) is 0 Å². The molecule has 0 spiro atoms. The average Bonchev–Trinajstić information content (AvgIpc) is 2.67. The monoisotopic (exact) mass is 384 g/mol. The van der Waals surface area contributed by atoms with E-state index in [4.69, 9.17) is 0 Å². The van der Waals surface area contributed by atoms with Gasteiger partial charge in [0.15, 0.2) is 0 Å². The summed E-state index contributed by atoms with van der Waals surface area (Å²) in [6.45, 7) is 8.02. The summed E-state index contributed by atoms with van der Waals surface area (Å²) in [6, 6.07) is 13.2. The predicted molar refractivity (Wildman–Crippen MR) is 109 cm³/mol. The van der Waals surface area contributed by atoms with Gasteiger partial charge in [-0.05, 0) is 50.5 Å². The van der Waals surface area contributed by atoms with Crippen LogP contribution < -0.4 is 5.32 Å². The molecule has 0 radical (unpaired) electrons. The number of rotatable bonds is 8. The Balaban J connectivity index is 2.22. The summed E-state index contributed by atoms with van der Waals surface area (Å²) in [5.41, 5.74) is 2.78. The van der Waals surface area contributed by atoms with Crippen molar-refractivity contribution >= 4 is 11.8 Å². The highest BCUT2D eigenvalue weighted by Crippen LogP contribution is 2.14. The molecule has 2 aromatic rings. The summed E-state index contributed by atoms with van der Waals surface area (Å²) in [5.74, 6) is -0.677. The van der Waals surface area contributed by atoms with Crippen molar-refractivity contribution in [3.63, 3.8) is 0 Å². The van der Waals surface area contributed by atoms with Crippen LogP contribution in [0.5, 0.6) is 0 Å². The summed E-state index contributed by atoms with van der Waals surface area (Å²) in [5, 5.41) is 2.95. The predicted octanol–water partition coefficient (Wildman–Crippen LogP) is 4.01. The van der Waals surface area contributed by atoms with E-state index in [9.17, 15) is 14.0 Å². The summed E-state index contributed by atoms with van der Waals surface area (Å²) in [7, 11) is 0. The quantitative estimate of drug-likeness (QED) is 0.748. The largest absolute Gasteiger partial charge is 0.352 e. The number of halogens is 1. The van der Waals surface area contributed by atoms with E-state index in [1.165, 1.54) is 12.1 Å². The second-order valence-corrected chi connectivity index (χ2v) is 7.31. The van der Waals surface area contributed by atoms with Crippen molar-refractivity contribution in [3.05, 3.63) is 71.0 Å². The van der Waals surface area contributed by atoms with E-state index >= 15 is 0 Å². The Hall–Kier alpha value is -2.69. The number of benzene rings is 2. The van der Waals surface area contributed by atoms with E-state index in [-0.39, 0.29) is 30.1 Å². The van der Waals surface area contributed by atoms with E-state index in [2.05, 4.69) is 5.32 Å². The van der Waals surface area contributed by atoms with E-state index in [1.54, 1.807) is 24.0 Å². The zero-order chi connectivity index (χ0) is 20.7. The number of carbonyl (C=O) groups is 2. The average molecular weight is 384 g/mol. The van der Waals surface area contributed by atoms with Crippen LogP contribution in [0.4, 0.5) is 4.39 Å². The van der Waals surface area contributed by atoms with E-state index < -0.39 is 6.04 Å². The fourth-order valence-corrected chi connectivity index (χ4v) is 2.93. The summed E-state index contributed by atoms with van der Waals surface area (Å²) >= 11 is 0. The summed E-state index contributed by atoms with van der Waals surface area (Å²) in [6.07, 6.45) is 0.937. The molecule has 0 fully saturated rings. The Labute approximate surface area is 166 Å². The maximum absolute atomic E-state index is 13.1. The number of aryl methyl sites for hydroxylation is 1. The molecule has 2 rings (SSSR count). The minimum Gasteiger partial charge on any atom is -0.352 e. The van der Waals surface area contributed by atoms with Crippen LogP contribution in [0.25, 0.3) is 0 Å². The van der Waals surface area contributed by atoms with Gasteiger partial charge in [-0.15, -0.1) is 0 Å². The van der Waals surface area contributed by atoms with Crippen molar-refractivity contribution in [1.29, 1.82) is 0 Å². The molecular formula is C23H29FN2O2. The zero-order valence-corrected chi connectivity index (χ0v) is 17.0. The van der Waals surface area contributed by atoms with E-state index in [0.717, 1.165) is 23.1 Å². The van der Waals surface area contributed by atoms with Crippen LogP contribution in [-0.2, 0) is 22.6 Å². The highest BCUT2D eigenvalue weighted by atomic mass is 19.1. The molecular weight excluding hydrogens is 355 g/mol. The highest BCUT2D eigenvalue weighted by molar-refractivity contribution is 5.88. The van der Waals surface area contributed by atoms with E-state index in [1.807, 2.05) is 45.0 Å². The van der Waals surface area contributed by atoms with Crippen LogP contribution in [-0.4, -0.2) is 28.8 Å². The van der Waals surface area contributed by atoms with Crippen molar-refractivity contribution in [2.24, 2.45) is 0 Å². The first kappa shape index (κ1) is 21.6. The van der Waals surface area contributed by atoms with Crippen LogP contribution in [0.1, 0.15) is 43.9 Å². The van der Waals surface area contributed by atoms with Crippen molar-refractivity contribution in [2.45, 2.75) is 59.2 Å². The molecule has 2 unspecified atom stereocenters. The lowest BCUT2D eigenvalue weighted by molar-refractivity contribution is -0.140. The van der Waals surface area contributed by atoms with Gasteiger partial charge >= 0.3 is 0 Å². The Bertz CT molecular complexity index is 805. The van der Waals surface area contributed by atoms with Gasteiger partial charge in [0.2, 0.25) is 11.8 Å². The van der Waals surface area contributed by atoms with E-state index in [0.29, 0.717) is 6.54 Å². The minimum atomic E-state index is -0.609. The molecule has 0 aromatic heterocycles. The molecule has 0 saturated carbocycles. The maximum atomic E-state index is 13.1. The second kappa shape index (κ2) is 10.0. The second-order valence-electron chi connectivity index (χ2n) is 7.31. The lowest BCUT2D eigenvalue weighted by Crippen LogP contribution is -2.49. The Morgan fingerprint density at radius 3 is 2.36 bits per heavy atom. The Kier molecular flexibility index (Phi) is 7.73. The molecule has 5 heteroatoms. The summed E-state index contributed by atoms with van der Waals surface area (Å²) in [4.78, 5) is 27.3. The minimum absolute atomic E-state index is 0.0444. The van der Waals surface area contributed by atoms with Crippen molar-refractivity contribution < 1.29 is 14.0 Å². The Morgan fingerprint density at radius 2 is 1.75 bits per heavy atom. The highest BCUT2D eigenvalue weighted by Gasteiger charge is 2.26. The number of hydrogen-bond acceptors (Lipinski definition) is 2. The van der Waals surface area contributed by atoms with Gasteiger partial charge in [0.1, 0.15) is 11.9 Å². The first-order valence-corrected chi connectivity index (χ1v) is 9.70. The number of nitrogens with one attached hydrogen (secondary N) is 1. The fraction of sp³-hybridized carbons (Fsp3) is 0.391. The molecule has 150 valence electrons. The van der Waals surface area contributed by atoms with Crippen LogP contribution in [0.2, 0.25) is 0 Å². The van der Waals surface area contributed by atoms with Gasteiger partial charge in [-0.1, -0.05) is 48.9 Å². The molecule has 2 aromatic carbocycles. The molecule has 0 aliphatic carbocycles. The molecule has 4 nitrogen and oxygen atoms in total. The zero-order valence-electron chi connectivity index (χ0n) is 17.0. The van der Waals surface area contributed by atoms with Gasteiger partial charge in [0, 0.05) is 12.6 Å². The van der Waals surface area contributed by atoms with Gasteiger partial charge in [0.05, 0.1) is 6.42 Å². The molecule has 0 saturated heterocycles. The third kappa shape index (κ3) is 6.19. The normalized spacial score (nSPS) is 12.9. The molecule has 2 atom stereocenters. The molecule has 2 amide bonds. The number of hydrogen-bond donors (Lipinski definition) is 1. The van der Waals surface area contributed by atoms with Crippen LogP contribution in [0.3, 0.4) is 0 Å². The van der Waals surface area contributed by atoms with Crippen molar-refractivity contribution in [2.75, 3.05) is 0 Å². The fourth-order valence-electron chi connectivity index (χ4n) is 2.93. The van der Waals surface area contributed by atoms with Crippen LogP contribution in [0, 0.1) is 12.7 Å². The lowest BCUT2D eigenvalue weighted by Gasteiger charge is -2.30. The first-order chi connectivity index (χ1) is 13.3. The molecule has 0 bridgehead atoms. The third-order valence-electron chi connectivity index (χ3n) is 4.87. The van der Waals surface area contributed by atoms with Gasteiger partial charge in [-0.2, -0.15) is 0 Å². The topological polar surface area (TPSA) is 49.4 Å². The molecule has 0 heterocycles. The third-order valence-corrected chi connectivity index (χ3v) is 4.87. The number of carbonyl (C=O) groups excluding carboxylic acids is 2. The molecule has 1 N–H and O–H groups in total.